The van der Waals surface area contributed by atoms with Crippen molar-refractivity contribution >= 4 is 14.0 Å². The molecular formula is C12H19F5O4Si. The molecule has 2 atom stereocenters. The number of carbonyl (C=O) groups excluding carboxylic acids is 1. The summed E-state index contributed by atoms with van der Waals surface area (Å²) in [7, 11) is -1.64. The van der Waals surface area contributed by atoms with Crippen LogP contribution in [0.25, 0.3) is 0 Å². The standard InChI is InChI=1S/C12H19F5O4Si/c1-9(21-8(18)5-6-22(2,3)4)7-20-11(19,10(9,13)14)12(15,16)17/h19H,5-7H2,1-4H3. The molecule has 0 aromatic heterocycles. The molecule has 1 aliphatic heterocycles. The van der Waals surface area contributed by atoms with Crippen LogP contribution in [-0.4, -0.2) is 49.2 Å². The van der Waals surface area contributed by atoms with Crippen LogP contribution in [-0.2, 0) is 14.3 Å². The molecule has 1 saturated heterocycles. The van der Waals surface area contributed by atoms with Gasteiger partial charge >= 0.3 is 23.9 Å². The van der Waals surface area contributed by atoms with E-state index in [1.807, 2.05) is 19.6 Å². The molecule has 1 fully saturated rings. The summed E-state index contributed by atoms with van der Waals surface area (Å²) in [6.45, 7) is 5.19. The second kappa shape index (κ2) is 5.41. The highest BCUT2D eigenvalue weighted by atomic mass is 28.3. The van der Waals surface area contributed by atoms with Gasteiger partial charge in [-0.2, -0.15) is 22.0 Å². The minimum Gasteiger partial charge on any atom is -0.450 e. The number of halogens is 5. The highest BCUT2D eigenvalue weighted by Crippen LogP contribution is 2.54. The number of rotatable bonds is 4. The normalized spacial score (nSPS) is 32.1. The van der Waals surface area contributed by atoms with Crippen LogP contribution in [0.15, 0.2) is 0 Å². The van der Waals surface area contributed by atoms with E-state index >= 15 is 0 Å². The zero-order valence-corrected chi connectivity index (χ0v) is 13.7. The van der Waals surface area contributed by atoms with Gasteiger partial charge < -0.3 is 14.6 Å². The van der Waals surface area contributed by atoms with Crippen LogP contribution >= 0.6 is 0 Å². The van der Waals surface area contributed by atoms with Gasteiger partial charge in [0.25, 0.3) is 0 Å². The Kier molecular flexibility index (Phi) is 4.75. The third kappa shape index (κ3) is 3.28. The van der Waals surface area contributed by atoms with Gasteiger partial charge in [-0.05, 0) is 13.0 Å². The van der Waals surface area contributed by atoms with Crippen LogP contribution in [0.5, 0.6) is 0 Å². The lowest BCUT2D eigenvalue weighted by Crippen LogP contribution is -2.63. The van der Waals surface area contributed by atoms with Crippen LogP contribution < -0.4 is 0 Å². The zero-order valence-electron chi connectivity index (χ0n) is 12.7. The average Bonchev–Trinajstić information content (AvgIpc) is 2.47. The van der Waals surface area contributed by atoms with E-state index in [4.69, 9.17) is 0 Å². The monoisotopic (exact) mass is 350 g/mol. The number of hydrogen-bond donors (Lipinski definition) is 1. The minimum absolute atomic E-state index is 0.175. The lowest BCUT2D eigenvalue weighted by atomic mass is 9.94. The molecule has 1 aliphatic rings. The summed E-state index contributed by atoms with van der Waals surface area (Å²) in [5, 5.41) is 9.18. The number of aliphatic hydroxyl groups is 1. The fourth-order valence-corrected chi connectivity index (χ4v) is 2.87. The second-order valence-electron chi connectivity index (χ2n) is 6.77. The van der Waals surface area contributed by atoms with Gasteiger partial charge in [-0.1, -0.05) is 19.6 Å². The van der Waals surface area contributed by atoms with E-state index in [1.54, 1.807) is 0 Å². The van der Waals surface area contributed by atoms with Crippen molar-refractivity contribution in [2.45, 2.75) is 62.5 Å². The van der Waals surface area contributed by atoms with Crippen molar-refractivity contribution in [3.63, 3.8) is 0 Å². The molecule has 0 aliphatic carbocycles. The topological polar surface area (TPSA) is 55.8 Å². The maximum Gasteiger partial charge on any atom is 0.449 e. The summed E-state index contributed by atoms with van der Waals surface area (Å²) in [5.41, 5.74) is -2.88. The van der Waals surface area contributed by atoms with E-state index in [9.17, 15) is 31.9 Å². The molecule has 0 spiro atoms. The van der Waals surface area contributed by atoms with E-state index in [2.05, 4.69) is 9.47 Å². The van der Waals surface area contributed by atoms with Gasteiger partial charge in [0.05, 0.1) is 6.61 Å². The lowest BCUT2D eigenvalue weighted by molar-refractivity contribution is -0.409. The Morgan fingerprint density at radius 1 is 1.32 bits per heavy atom. The van der Waals surface area contributed by atoms with E-state index in [-0.39, 0.29) is 6.42 Å². The predicted octanol–water partition coefficient (Wildman–Crippen LogP) is 2.93. The van der Waals surface area contributed by atoms with Crippen LogP contribution in [0, 0.1) is 0 Å². The van der Waals surface area contributed by atoms with Crippen molar-refractivity contribution in [2.24, 2.45) is 0 Å². The number of esters is 1. The van der Waals surface area contributed by atoms with Crippen LogP contribution in [0.2, 0.25) is 25.7 Å². The summed E-state index contributed by atoms with van der Waals surface area (Å²) in [5.74, 6) is -10.5. The molecule has 0 bridgehead atoms. The Bertz CT molecular complexity index is 448. The molecule has 0 amide bonds. The summed E-state index contributed by atoms with van der Waals surface area (Å²) in [4.78, 5) is 11.6. The largest absolute Gasteiger partial charge is 0.450 e. The van der Waals surface area contributed by atoms with Crippen molar-refractivity contribution in [1.82, 2.24) is 0 Å². The van der Waals surface area contributed by atoms with Crippen molar-refractivity contribution in [3.8, 4) is 0 Å². The molecule has 10 heteroatoms. The molecule has 1 heterocycles. The molecular weight excluding hydrogens is 331 g/mol. The van der Waals surface area contributed by atoms with Gasteiger partial charge in [0.15, 0.2) is 0 Å². The summed E-state index contributed by atoms with van der Waals surface area (Å²) >= 11 is 0. The van der Waals surface area contributed by atoms with Gasteiger partial charge in [-0.3, -0.25) is 4.79 Å². The molecule has 0 aromatic carbocycles. The van der Waals surface area contributed by atoms with Crippen molar-refractivity contribution in [2.75, 3.05) is 6.61 Å². The molecule has 22 heavy (non-hydrogen) atoms. The summed E-state index contributed by atoms with van der Waals surface area (Å²) in [6.07, 6.45) is -5.90. The van der Waals surface area contributed by atoms with E-state index in [1.165, 1.54) is 0 Å². The Balaban J connectivity index is 2.90. The smallest absolute Gasteiger partial charge is 0.449 e. The van der Waals surface area contributed by atoms with E-state index in [0.29, 0.717) is 13.0 Å². The van der Waals surface area contributed by atoms with Crippen LogP contribution in [0.4, 0.5) is 22.0 Å². The highest BCUT2D eigenvalue weighted by Gasteiger charge is 2.82. The Morgan fingerprint density at radius 2 is 1.82 bits per heavy atom. The fraction of sp³-hybridized carbons (Fsp3) is 0.917. The SMILES string of the molecule is CC1(OC(=O)CC[Si](C)(C)C)COC(O)(C(F)(F)F)C1(F)F. The maximum atomic E-state index is 14.0. The lowest BCUT2D eigenvalue weighted by Gasteiger charge is -2.35. The number of hydrogen-bond acceptors (Lipinski definition) is 4. The Hall–Kier alpha value is -0.743. The molecule has 4 nitrogen and oxygen atoms in total. The third-order valence-electron chi connectivity index (χ3n) is 3.45. The first-order valence-electron chi connectivity index (χ1n) is 6.58. The van der Waals surface area contributed by atoms with Gasteiger partial charge in [-0.15, -0.1) is 0 Å². The molecule has 1 rings (SSSR count). The van der Waals surface area contributed by atoms with Crippen molar-refractivity contribution in [1.29, 1.82) is 0 Å². The molecule has 0 saturated carbocycles. The number of carbonyl (C=O) groups is 1. The fourth-order valence-electron chi connectivity index (χ4n) is 1.91. The first-order valence-corrected chi connectivity index (χ1v) is 10.3. The Labute approximate surface area is 125 Å². The summed E-state index contributed by atoms with van der Waals surface area (Å²) < 4.78 is 74.4. The molecule has 0 aromatic rings. The number of alkyl halides is 5. The second-order valence-corrected chi connectivity index (χ2v) is 12.4. The van der Waals surface area contributed by atoms with Crippen molar-refractivity contribution < 1.29 is 41.3 Å². The quantitative estimate of drug-likeness (QED) is 0.481. The van der Waals surface area contributed by atoms with Crippen LogP contribution in [0.1, 0.15) is 13.3 Å². The first-order chi connectivity index (χ1) is 9.56. The average molecular weight is 350 g/mol. The Morgan fingerprint density at radius 3 is 2.18 bits per heavy atom. The van der Waals surface area contributed by atoms with E-state index < -0.39 is 44.1 Å². The van der Waals surface area contributed by atoms with E-state index in [0.717, 1.165) is 0 Å². The molecule has 2 unspecified atom stereocenters. The van der Waals surface area contributed by atoms with Gasteiger partial charge in [0, 0.05) is 14.5 Å². The third-order valence-corrected chi connectivity index (χ3v) is 5.20. The first kappa shape index (κ1) is 19.3. The van der Waals surface area contributed by atoms with Gasteiger partial charge in [0.1, 0.15) is 0 Å². The predicted molar refractivity (Wildman–Crippen MR) is 69.2 cm³/mol. The maximum absolute atomic E-state index is 14.0. The molecule has 0 radical (unpaired) electrons. The van der Waals surface area contributed by atoms with Crippen molar-refractivity contribution in [3.05, 3.63) is 0 Å². The van der Waals surface area contributed by atoms with Gasteiger partial charge in [0.2, 0.25) is 5.60 Å². The highest BCUT2D eigenvalue weighted by molar-refractivity contribution is 6.76. The number of ether oxygens (including phenoxy) is 2. The van der Waals surface area contributed by atoms with Gasteiger partial charge in [-0.25, -0.2) is 0 Å². The zero-order chi connectivity index (χ0) is 17.6. The van der Waals surface area contributed by atoms with Crippen LogP contribution in [0.3, 0.4) is 0 Å². The molecule has 130 valence electrons. The minimum atomic E-state index is -5.72. The molecule has 1 N–H and O–H groups in total. The summed E-state index contributed by atoms with van der Waals surface area (Å²) in [6, 6.07) is 0.442.